The van der Waals surface area contributed by atoms with Crippen LogP contribution in [0, 0.1) is 13.8 Å². The summed E-state index contributed by atoms with van der Waals surface area (Å²) in [4.78, 5) is 19.7. The van der Waals surface area contributed by atoms with Gasteiger partial charge in [-0.3, -0.25) is 0 Å². The number of hydrogen-bond donors (Lipinski definition) is 1. The molecule has 130 valence electrons. The van der Waals surface area contributed by atoms with Gasteiger partial charge in [0.25, 0.3) is 0 Å². The summed E-state index contributed by atoms with van der Waals surface area (Å²) in [5, 5.41) is 4.78. The number of piperidine rings is 1. The molecule has 0 saturated carbocycles. The van der Waals surface area contributed by atoms with Gasteiger partial charge in [-0.15, -0.1) is 11.3 Å². The highest BCUT2D eigenvalue weighted by Gasteiger charge is 2.33. The summed E-state index contributed by atoms with van der Waals surface area (Å²) in [6.45, 7) is 14.4. The third-order valence-electron chi connectivity index (χ3n) is 4.19. The number of aryl methyl sites for hydroxylation is 2. The van der Waals surface area contributed by atoms with E-state index in [1.165, 1.54) is 4.88 Å². The Bertz CT molecular complexity index is 555. The molecule has 1 amide bonds. The molecule has 1 fully saturated rings. The van der Waals surface area contributed by atoms with E-state index in [9.17, 15) is 4.79 Å². The second-order valence-electron chi connectivity index (χ2n) is 7.62. The topological polar surface area (TPSA) is 54.5 Å². The normalized spacial score (nSPS) is 18.1. The third-order valence-corrected chi connectivity index (χ3v) is 5.27. The van der Waals surface area contributed by atoms with Gasteiger partial charge in [0.2, 0.25) is 0 Å². The van der Waals surface area contributed by atoms with Gasteiger partial charge in [-0.1, -0.05) is 0 Å². The predicted octanol–water partition coefficient (Wildman–Crippen LogP) is 3.64. The van der Waals surface area contributed by atoms with Gasteiger partial charge >= 0.3 is 6.09 Å². The zero-order valence-electron chi connectivity index (χ0n) is 15.2. The first-order valence-electron chi connectivity index (χ1n) is 8.24. The fourth-order valence-corrected chi connectivity index (χ4v) is 3.59. The number of amides is 1. The molecule has 0 unspecified atom stereocenters. The van der Waals surface area contributed by atoms with Crippen molar-refractivity contribution in [2.45, 2.75) is 72.1 Å². The summed E-state index contributed by atoms with van der Waals surface area (Å²) in [5.41, 5.74) is 0.746. The highest BCUT2D eigenvalue weighted by molar-refractivity contribution is 7.11. The highest BCUT2D eigenvalue weighted by atomic mass is 32.1. The van der Waals surface area contributed by atoms with E-state index >= 15 is 0 Å². The maximum atomic E-state index is 12.1. The molecule has 0 spiro atoms. The van der Waals surface area contributed by atoms with Gasteiger partial charge in [-0.2, -0.15) is 0 Å². The van der Waals surface area contributed by atoms with Crippen LogP contribution in [0.3, 0.4) is 0 Å². The lowest BCUT2D eigenvalue weighted by Gasteiger charge is -2.40. The molecule has 1 aromatic heterocycles. The second kappa shape index (κ2) is 6.77. The zero-order chi connectivity index (χ0) is 17.3. The lowest BCUT2D eigenvalue weighted by molar-refractivity contribution is 0.0157. The van der Waals surface area contributed by atoms with E-state index < -0.39 is 5.60 Å². The van der Waals surface area contributed by atoms with Gasteiger partial charge in [0.15, 0.2) is 0 Å². The number of hydrogen-bond acceptors (Lipinski definition) is 5. The lowest BCUT2D eigenvalue weighted by Crippen LogP contribution is -2.53. The number of ether oxygens (including phenoxy) is 1. The number of carbonyl (C=O) groups excluding carboxylic acids is 1. The van der Waals surface area contributed by atoms with Crippen molar-refractivity contribution in [3.05, 3.63) is 15.6 Å². The minimum atomic E-state index is -0.433. The van der Waals surface area contributed by atoms with Gasteiger partial charge in [0.1, 0.15) is 5.60 Å². The van der Waals surface area contributed by atoms with Crippen molar-refractivity contribution in [1.82, 2.24) is 15.2 Å². The van der Waals surface area contributed by atoms with Gasteiger partial charge in [0, 0.05) is 30.1 Å². The Kier molecular flexibility index (Phi) is 5.36. The highest BCUT2D eigenvalue weighted by Crippen LogP contribution is 2.25. The zero-order valence-corrected chi connectivity index (χ0v) is 16.0. The first kappa shape index (κ1) is 18.2. The van der Waals surface area contributed by atoms with Crippen LogP contribution in [0.5, 0.6) is 0 Å². The summed E-state index contributed by atoms with van der Waals surface area (Å²) in [6.07, 6.45) is 1.67. The molecule has 0 radical (unpaired) electrons. The van der Waals surface area contributed by atoms with Crippen LogP contribution in [0.15, 0.2) is 0 Å². The van der Waals surface area contributed by atoms with Crippen molar-refractivity contribution < 1.29 is 9.53 Å². The van der Waals surface area contributed by atoms with E-state index in [2.05, 4.69) is 24.1 Å². The Morgan fingerprint density at radius 3 is 2.43 bits per heavy atom. The Balaban J connectivity index is 1.85. The molecule has 1 aliphatic rings. The number of nitrogens with one attached hydrogen (secondary N) is 1. The predicted molar refractivity (Wildman–Crippen MR) is 93.9 cm³/mol. The van der Waals surface area contributed by atoms with Crippen LogP contribution in [-0.2, 0) is 11.3 Å². The van der Waals surface area contributed by atoms with Crippen LogP contribution in [0.25, 0.3) is 0 Å². The van der Waals surface area contributed by atoms with E-state index in [0.717, 1.165) is 43.2 Å². The largest absolute Gasteiger partial charge is 0.444 e. The molecule has 5 nitrogen and oxygen atoms in total. The lowest BCUT2D eigenvalue weighted by atomic mass is 9.89. The van der Waals surface area contributed by atoms with Crippen LogP contribution in [-0.4, -0.2) is 40.2 Å². The van der Waals surface area contributed by atoms with Crippen molar-refractivity contribution in [2.24, 2.45) is 0 Å². The maximum Gasteiger partial charge on any atom is 0.410 e. The number of rotatable bonds is 3. The molecule has 0 aliphatic carbocycles. The summed E-state index contributed by atoms with van der Waals surface area (Å²) in [5.74, 6) is 0. The van der Waals surface area contributed by atoms with E-state index in [1.54, 1.807) is 11.3 Å². The number of nitrogens with zero attached hydrogens (tertiary/aromatic N) is 2. The summed E-state index contributed by atoms with van der Waals surface area (Å²) < 4.78 is 5.45. The average Bonchev–Trinajstić information content (AvgIpc) is 2.74. The Hall–Kier alpha value is -1.14. The van der Waals surface area contributed by atoms with E-state index in [-0.39, 0.29) is 11.6 Å². The minimum absolute atomic E-state index is 0.0584. The maximum absolute atomic E-state index is 12.1. The summed E-state index contributed by atoms with van der Waals surface area (Å²) in [6, 6.07) is 0. The van der Waals surface area contributed by atoms with Crippen LogP contribution in [0.4, 0.5) is 4.79 Å². The van der Waals surface area contributed by atoms with Gasteiger partial charge in [-0.05, 0) is 54.4 Å². The molecule has 2 heterocycles. The average molecular weight is 340 g/mol. The molecular formula is C17H29N3O2S. The van der Waals surface area contributed by atoms with E-state index in [0.29, 0.717) is 0 Å². The number of likely N-dealkylation sites (tertiary alicyclic amines) is 1. The smallest absolute Gasteiger partial charge is 0.410 e. The molecule has 6 heteroatoms. The third kappa shape index (κ3) is 5.18. The Morgan fingerprint density at radius 1 is 1.35 bits per heavy atom. The fraction of sp³-hybridized carbons (Fsp3) is 0.765. The van der Waals surface area contributed by atoms with E-state index in [1.807, 2.05) is 32.6 Å². The molecular weight excluding hydrogens is 310 g/mol. The summed E-state index contributed by atoms with van der Waals surface area (Å²) in [7, 11) is 0. The van der Waals surface area contributed by atoms with Crippen LogP contribution in [0.1, 0.15) is 56.1 Å². The molecule has 1 saturated heterocycles. The Morgan fingerprint density at radius 2 is 1.96 bits per heavy atom. The molecule has 0 atom stereocenters. The molecule has 2 rings (SSSR count). The SMILES string of the molecule is Cc1nc(C)c(CNC2(C)CCN(C(=O)OC(C)(C)C)CC2)s1. The van der Waals surface area contributed by atoms with Gasteiger partial charge in [-0.25, -0.2) is 9.78 Å². The van der Waals surface area contributed by atoms with Crippen molar-refractivity contribution in [3.8, 4) is 0 Å². The number of thiazole rings is 1. The van der Waals surface area contributed by atoms with Crippen LogP contribution >= 0.6 is 11.3 Å². The molecule has 0 aromatic carbocycles. The van der Waals surface area contributed by atoms with Gasteiger partial charge in [0.05, 0.1) is 10.7 Å². The number of aromatic nitrogens is 1. The standard InChI is InChI=1S/C17H29N3O2S/c1-12-14(23-13(2)19-12)11-18-17(6)7-9-20(10-8-17)15(21)22-16(3,4)5/h18H,7-11H2,1-6H3. The van der Waals surface area contributed by atoms with Crippen molar-refractivity contribution in [2.75, 3.05) is 13.1 Å². The molecule has 1 aromatic rings. The van der Waals surface area contributed by atoms with Crippen molar-refractivity contribution in [3.63, 3.8) is 0 Å². The van der Waals surface area contributed by atoms with Crippen LogP contribution in [0.2, 0.25) is 0 Å². The number of carbonyl (C=O) groups is 1. The second-order valence-corrected chi connectivity index (χ2v) is 8.91. The quantitative estimate of drug-likeness (QED) is 0.913. The molecule has 0 bridgehead atoms. The minimum Gasteiger partial charge on any atom is -0.444 e. The molecule has 1 N–H and O–H groups in total. The van der Waals surface area contributed by atoms with Crippen LogP contribution < -0.4 is 5.32 Å². The van der Waals surface area contributed by atoms with Gasteiger partial charge < -0.3 is 15.0 Å². The first-order chi connectivity index (χ1) is 10.6. The first-order valence-corrected chi connectivity index (χ1v) is 9.05. The van der Waals surface area contributed by atoms with Crippen molar-refractivity contribution in [1.29, 1.82) is 0 Å². The molecule has 1 aliphatic heterocycles. The van der Waals surface area contributed by atoms with E-state index in [4.69, 9.17) is 4.74 Å². The Labute approximate surface area is 143 Å². The molecule has 23 heavy (non-hydrogen) atoms. The monoisotopic (exact) mass is 339 g/mol. The fourth-order valence-electron chi connectivity index (χ4n) is 2.72. The van der Waals surface area contributed by atoms with Crippen molar-refractivity contribution >= 4 is 17.4 Å². The summed E-state index contributed by atoms with van der Waals surface area (Å²) >= 11 is 1.76.